The van der Waals surface area contributed by atoms with E-state index in [1.807, 2.05) is 6.92 Å². The number of hydrogen-bond donors (Lipinski definition) is 1. The molecule has 0 fully saturated rings. The molecule has 3 heterocycles. The van der Waals surface area contributed by atoms with Crippen LogP contribution >= 0.6 is 0 Å². The number of carbonyl (C=O) groups is 2. The van der Waals surface area contributed by atoms with Crippen molar-refractivity contribution in [2.45, 2.75) is 13.0 Å². The summed E-state index contributed by atoms with van der Waals surface area (Å²) in [5.41, 5.74) is 0.495. The molecular weight excluding hydrogens is 374 g/mol. The summed E-state index contributed by atoms with van der Waals surface area (Å²) >= 11 is 0. The summed E-state index contributed by atoms with van der Waals surface area (Å²) in [5, 5.41) is 10.6. The van der Waals surface area contributed by atoms with Crippen LogP contribution in [0.25, 0.3) is 0 Å². The first-order valence-electron chi connectivity index (χ1n) is 8.96. The van der Waals surface area contributed by atoms with Crippen LogP contribution in [-0.2, 0) is 4.79 Å². The van der Waals surface area contributed by atoms with Gasteiger partial charge >= 0.3 is 0 Å². The molecule has 1 aliphatic rings. The number of furan rings is 1. The number of rotatable bonds is 6. The molecular formula is C21H17N3O5. The fraction of sp³-hybridized carbons (Fsp3) is 0.143. The molecule has 0 bridgehead atoms. The number of hydrogen-bond acceptors (Lipinski definition) is 7. The monoisotopic (exact) mass is 391 g/mol. The molecule has 0 radical (unpaired) electrons. The number of aromatic nitrogens is 2. The minimum atomic E-state index is -0.918. The molecule has 29 heavy (non-hydrogen) atoms. The van der Waals surface area contributed by atoms with E-state index in [-0.39, 0.29) is 17.3 Å². The van der Waals surface area contributed by atoms with Gasteiger partial charge in [-0.2, -0.15) is 0 Å². The summed E-state index contributed by atoms with van der Waals surface area (Å²) in [4.78, 5) is 35.4. The quantitative estimate of drug-likeness (QED) is 0.643. The molecule has 1 atom stereocenters. The maximum atomic E-state index is 13.0. The van der Waals surface area contributed by atoms with Gasteiger partial charge in [0, 0.05) is 12.4 Å². The van der Waals surface area contributed by atoms with Crippen molar-refractivity contribution < 1.29 is 23.8 Å². The van der Waals surface area contributed by atoms with Crippen LogP contribution in [0.2, 0.25) is 0 Å². The molecule has 1 aromatic carbocycles. The Morgan fingerprint density at radius 2 is 1.90 bits per heavy atom. The van der Waals surface area contributed by atoms with E-state index in [1.54, 1.807) is 36.4 Å². The molecule has 3 aromatic rings. The molecule has 1 aliphatic heterocycles. The van der Waals surface area contributed by atoms with E-state index in [2.05, 4.69) is 9.97 Å². The van der Waals surface area contributed by atoms with Gasteiger partial charge in [0.05, 0.1) is 24.5 Å². The predicted octanol–water partition coefficient (Wildman–Crippen LogP) is 3.25. The summed E-state index contributed by atoms with van der Waals surface area (Å²) < 4.78 is 10.7. The lowest BCUT2D eigenvalue weighted by Gasteiger charge is -2.24. The van der Waals surface area contributed by atoms with E-state index in [4.69, 9.17) is 9.15 Å². The highest BCUT2D eigenvalue weighted by molar-refractivity contribution is 6.19. The number of Topliss-reactive ketones (excluding diaryl/α,β-unsaturated/α-hetero) is 1. The number of aliphatic hydroxyl groups excluding tert-OH is 1. The Bertz CT molecular complexity index is 1060. The van der Waals surface area contributed by atoms with Gasteiger partial charge in [0.15, 0.2) is 11.5 Å². The van der Waals surface area contributed by atoms with Crippen molar-refractivity contribution in [1.29, 1.82) is 0 Å². The second-order valence-electron chi connectivity index (χ2n) is 6.20. The molecule has 0 spiro atoms. The number of anilines is 1. The third-order valence-corrected chi connectivity index (χ3v) is 4.47. The average molecular weight is 391 g/mol. The summed E-state index contributed by atoms with van der Waals surface area (Å²) in [6, 6.07) is 10.7. The number of ether oxygens (including phenoxy) is 1. The van der Waals surface area contributed by atoms with Crippen LogP contribution in [0.5, 0.6) is 5.75 Å². The largest absolute Gasteiger partial charge is 0.503 e. The Labute approximate surface area is 166 Å². The number of benzene rings is 1. The summed E-state index contributed by atoms with van der Waals surface area (Å²) in [7, 11) is 0. The van der Waals surface area contributed by atoms with Crippen LogP contribution in [0.3, 0.4) is 0 Å². The molecule has 8 heteroatoms. The third kappa shape index (κ3) is 3.25. The number of amides is 1. The van der Waals surface area contributed by atoms with Crippen molar-refractivity contribution in [2.75, 3.05) is 11.5 Å². The van der Waals surface area contributed by atoms with Crippen molar-refractivity contribution >= 4 is 17.6 Å². The maximum Gasteiger partial charge on any atom is 0.296 e. The highest BCUT2D eigenvalue weighted by atomic mass is 16.5. The van der Waals surface area contributed by atoms with E-state index in [9.17, 15) is 14.7 Å². The first-order chi connectivity index (χ1) is 14.1. The van der Waals surface area contributed by atoms with Crippen molar-refractivity contribution in [2.24, 2.45) is 0 Å². The summed E-state index contributed by atoms with van der Waals surface area (Å²) in [5.74, 6) is -1.26. The van der Waals surface area contributed by atoms with E-state index >= 15 is 0 Å². The minimum absolute atomic E-state index is 0.0196. The lowest BCUT2D eigenvalue weighted by Crippen LogP contribution is -2.32. The Morgan fingerprint density at radius 3 is 2.52 bits per heavy atom. The van der Waals surface area contributed by atoms with E-state index in [1.165, 1.54) is 29.6 Å². The zero-order chi connectivity index (χ0) is 20.4. The Hall–Kier alpha value is -3.94. The van der Waals surface area contributed by atoms with Crippen molar-refractivity contribution in [3.63, 3.8) is 0 Å². The van der Waals surface area contributed by atoms with Gasteiger partial charge in [-0.25, -0.2) is 9.97 Å². The van der Waals surface area contributed by atoms with Crippen LogP contribution < -0.4 is 9.64 Å². The molecule has 8 nitrogen and oxygen atoms in total. The predicted molar refractivity (Wildman–Crippen MR) is 103 cm³/mol. The molecule has 4 rings (SSSR count). The van der Waals surface area contributed by atoms with Gasteiger partial charge in [-0.3, -0.25) is 14.5 Å². The lowest BCUT2D eigenvalue weighted by atomic mass is 9.95. The average Bonchev–Trinajstić information content (AvgIpc) is 3.37. The SMILES string of the molecule is CCOc1ccc([C@H]2C(C(=O)c3ccco3)=C(O)C(=O)N2c2ncccn2)cc1. The molecule has 0 unspecified atom stereocenters. The topological polar surface area (TPSA) is 106 Å². The van der Waals surface area contributed by atoms with E-state index < -0.39 is 23.5 Å². The molecule has 146 valence electrons. The van der Waals surface area contributed by atoms with Crippen molar-refractivity contribution in [1.82, 2.24) is 9.97 Å². The maximum absolute atomic E-state index is 13.0. The molecule has 1 N–H and O–H groups in total. The third-order valence-electron chi connectivity index (χ3n) is 4.47. The van der Waals surface area contributed by atoms with Crippen LogP contribution in [0, 0.1) is 0 Å². The second kappa shape index (κ2) is 7.59. The molecule has 0 saturated heterocycles. The van der Waals surface area contributed by atoms with Crippen LogP contribution in [0.4, 0.5) is 5.95 Å². The van der Waals surface area contributed by atoms with Crippen molar-refractivity contribution in [3.05, 3.63) is 83.8 Å². The summed E-state index contributed by atoms with van der Waals surface area (Å²) in [6.07, 6.45) is 4.31. The smallest absolute Gasteiger partial charge is 0.296 e. The Kier molecular flexibility index (Phi) is 4.82. The van der Waals surface area contributed by atoms with Gasteiger partial charge < -0.3 is 14.3 Å². The van der Waals surface area contributed by atoms with Crippen LogP contribution in [-0.4, -0.2) is 33.4 Å². The van der Waals surface area contributed by atoms with Gasteiger partial charge in [-0.15, -0.1) is 0 Å². The number of carbonyl (C=O) groups excluding carboxylic acids is 2. The van der Waals surface area contributed by atoms with Gasteiger partial charge in [0.2, 0.25) is 11.7 Å². The lowest BCUT2D eigenvalue weighted by molar-refractivity contribution is -0.117. The first-order valence-corrected chi connectivity index (χ1v) is 8.96. The molecule has 0 saturated carbocycles. The summed E-state index contributed by atoms with van der Waals surface area (Å²) in [6.45, 7) is 2.38. The van der Waals surface area contributed by atoms with Crippen LogP contribution in [0.15, 0.2) is 76.9 Å². The number of ketones is 1. The Balaban J connectivity index is 1.83. The molecule has 0 aliphatic carbocycles. The molecule has 1 amide bonds. The second-order valence-corrected chi connectivity index (χ2v) is 6.20. The zero-order valence-corrected chi connectivity index (χ0v) is 15.5. The number of aliphatic hydroxyl groups is 1. The first kappa shape index (κ1) is 18.4. The van der Waals surface area contributed by atoms with Crippen molar-refractivity contribution in [3.8, 4) is 5.75 Å². The standard InChI is InChI=1S/C21H17N3O5/c1-2-28-14-8-6-13(7-9-14)17-16(18(25)15-5-3-12-29-15)19(26)20(27)24(17)21-22-10-4-11-23-21/h3-12,17,26H,2H2,1H3/t17-/m0/s1. The number of nitrogens with zero attached hydrogens (tertiary/aromatic N) is 3. The minimum Gasteiger partial charge on any atom is -0.503 e. The van der Waals surface area contributed by atoms with E-state index in [0.29, 0.717) is 17.9 Å². The fourth-order valence-electron chi connectivity index (χ4n) is 3.23. The zero-order valence-electron chi connectivity index (χ0n) is 15.5. The highest BCUT2D eigenvalue weighted by Gasteiger charge is 2.46. The van der Waals surface area contributed by atoms with Gasteiger partial charge in [0.25, 0.3) is 5.91 Å². The molecule has 2 aromatic heterocycles. The van der Waals surface area contributed by atoms with Crippen LogP contribution in [0.1, 0.15) is 29.1 Å². The van der Waals surface area contributed by atoms with Gasteiger partial charge in [-0.05, 0) is 42.8 Å². The Morgan fingerprint density at radius 1 is 1.17 bits per heavy atom. The van der Waals surface area contributed by atoms with E-state index in [0.717, 1.165) is 0 Å². The highest BCUT2D eigenvalue weighted by Crippen LogP contribution is 2.41. The fourth-order valence-corrected chi connectivity index (χ4v) is 3.23. The van der Waals surface area contributed by atoms with Gasteiger partial charge in [-0.1, -0.05) is 12.1 Å². The van der Waals surface area contributed by atoms with Gasteiger partial charge in [0.1, 0.15) is 5.75 Å². The normalized spacial score (nSPS) is 16.4.